The molecule has 3 atom stereocenters. The predicted molar refractivity (Wildman–Crippen MR) is 101 cm³/mol. The maximum atomic E-state index is 12.7. The minimum absolute atomic E-state index is 0.0191. The van der Waals surface area contributed by atoms with Gasteiger partial charge in [0.15, 0.2) is 5.01 Å². The first-order valence-corrected chi connectivity index (χ1v) is 10.1. The monoisotopic (exact) mass is 445 g/mol. The highest BCUT2D eigenvalue weighted by atomic mass is 32.1. The van der Waals surface area contributed by atoms with Crippen LogP contribution in [-0.2, 0) is 15.8 Å². The largest absolute Gasteiger partial charge is 0.443 e. The molecule has 2 heterocycles. The number of carbonyl (C=O) groups is 3. The molecule has 0 aliphatic carbocycles. The lowest BCUT2D eigenvalue weighted by atomic mass is 9.98. The second-order valence-corrected chi connectivity index (χ2v) is 8.42. The summed E-state index contributed by atoms with van der Waals surface area (Å²) in [5, 5.41) is 15.8. The molecule has 0 bridgehead atoms. The van der Waals surface area contributed by atoms with Crippen LogP contribution < -0.4 is 16.0 Å². The number of carbonyl (C=O) groups excluding carboxylic acids is 3. The number of alkyl halides is 3. The van der Waals surface area contributed by atoms with Crippen LogP contribution in [0.5, 0.6) is 0 Å². The minimum atomic E-state index is -4.66. The topological polar surface area (TPSA) is 124 Å². The summed E-state index contributed by atoms with van der Waals surface area (Å²) in [7, 11) is 0. The maximum absolute atomic E-state index is 12.7. The Morgan fingerprint density at radius 2 is 2.10 bits per heavy atom. The second kappa shape index (κ2) is 9.88. The molecule has 2 rings (SSSR count). The van der Waals surface area contributed by atoms with E-state index in [1.807, 2.05) is 19.9 Å². The van der Waals surface area contributed by atoms with E-state index in [2.05, 4.69) is 20.9 Å². The molecule has 3 amide bonds. The summed E-state index contributed by atoms with van der Waals surface area (Å²) in [6, 6.07) is -0.0498. The van der Waals surface area contributed by atoms with E-state index in [1.54, 1.807) is 0 Å². The molecular formula is C18H22F3N5O3S. The van der Waals surface area contributed by atoms with Crippen molar-refractivity contribution in [3.8, 4) is 6.07 Å². The van der Waals surface area contributed by atoms with Crippen LogP contribution in [0, 0.1) is 23.2 Å². The molecule has 0 unspecified atom stereocenters. The Balaban J connectivity index is 2.05. The average Bonchev–Trinajstić information content (AvgIpc) is 3.29. The van der Waals surface area contributed by atoms with Crippen molar-refractivity contribution >= 4 is 29.1 Å². The summed E-state index contributed by atoms with van der Waals surface area (Å²) in [5.41, 5.74) is 0. The Morgan fingerprint density at radius 3 is 2.60 bits per heavy atom. The van der Waals surface area contributed by atoms with Crippen LogP contribution in [0.3, 0.4) is 0 Å². The number of halogens is 3. The molecule has 1 aliphatic rings. The molecule has 0 saturated carbocycles. The van der Waals surface area contributed by atoms with E-state index in [4.69, 9.17) is 0 Å². The van der Waals surface area contributed by atoms with Gasteiger partial charge >= 0.3 is 6.18 Å². The van der Waals surface area contributed by atoms with E-state index in [-0.39, 0.29) is 46.8 Å². The summed E-state index contributed by atoms with van der Waals surface area (Å²) in [4.78, 5) is 39.6. The average molecular weight is 445 g/mol. The zero-order valence-electron chi connectivity index (χ0n) is 16.4. The van der Waals surface area contributed by atoms with Crippen molar-refractivity contribution in [2.45, 2.75) is 51.4 Å². The fourth-order valence-corrected chi connectivity index (χ4v) is 3.70. The normalized spacial score (nSPS) is 18.4. The standard InChI is InChI=1S/C18H22F3N5O3S/c1-9(2)5-12(26-16(29)13-8-24-17(30-13)18(19,20)21)15(28)25-11(7-22)6-10-3-4-23-14(10)27/h8-12H,3-6H2,1-2H3,(H,23,27)(H,25,28)(H,26,29)/t10-,11-,12-/m0/s1. The third-order valence-electron chi connectivity index (χ3n) is 4.46. The Kier molecular flexibility index (Phi) is 7.77. The van der Waals surface area contributed by atoms with Gasteiger partial charge in [-0.1, -0.05) is 13.8 Å². The van der Waals surface area contributed by atoms with Crippen molar-refractivity contribution in [3.63, 3.8) is 0 Å². The highest BCUT2D eigenvalue weighted by Crippen LogP contribution is 2.32. The molecular weight excluding hydrogens is 423 g/mol. The van der Waals surface area contributed by atoms with E-state index < -0.39 is 35.1 Å². The number of nitriles is 1. The number of hydrogen-bond donors (Lipinski definition) is 3. The highest BCUT2D eigenvalue weighted by Gasteiger charge is 2.36. The van der Waals surface area contributed by atoms with Gasteiger partial charge in [-0.15, -0.1) is 11.3 Å². The molecule has 1 aromatic heterocycles. The second-order valence-electron chi connectivity index (χ2n) is 7.39. The van der Waals surface area contributed by atoms with Crippen LogP contribution in [0.4, 0.5) is 13.2 Å². The quantitative estimate of drug-likeness (QED) is 0.563. The van der Waals surface area contributed by atoms with Gasteiger partial charge in [-0.05, 0) is 25.2 Å². The van der Waals surface area contributed by atoms with Crippen molar-refractivity contribution in [2.24, 2.45) is 11.8 Å². The lowest BCUT2D eigenvalue weighted by Gasteiger charge is -2.22. The lowest BCUT2D eigenvalue weighted by molar-refractivity contribution is -0.137. The lowest BCUT2D eigenvalue weighted by Crippen LogP contribution is -2.50. The SMILES string of the molecule is CC(C)C[C@H](NC(=O)c1cnc(C(F)(F)F)s1)C(=O)N[C@H](C#N)C[C@@H]1CCNC1=O. The Labute approximate surface area is 175 Å². The summed E-state index contributed by atoms with van der Waals surface area (Å²) in [6.07, 6.45) is -2.94. The van der Waals surface area contributed by atoms with Crippen molar-refractivity contribution in [1.82, 2.24) is 20.9 Å². The highest BCUT2D eigenvalue weighted by molar-refractivity contribution is 7.13. The zero-order chi connectivity index (χ0) is 22.5. The third kappa shape index (κ3) is 6.41. The molecule has 0 radical (unpaired) electrons. The van der Waals surface area contributed by atoms with Crippen molar-refractivity contribution < 1.29 is 27.6 Å². The number of aromatic nitrogens is 1. The van der Waals surface area contributed by atoms with Gasteiger partial charge in [0.1, 0.15) is 17.0 Å². The molecule has 3 N–H and O–H groups in total. The van der Waals surface area contributed by atoms with Gasteiger partial charge in [-0.3, -0.25) is 14.4 Å². The van der Waals surface area contributed by atoms with Crippen LogP contribution in [-0.4, -0.2) is 41.3 Å². The Morgan fingerprint density at radius 1 is 1.40 bits per heavy atom. The number of rotatable bonds is 8. The van der Waals surface area contributed by atoms with Gasteiger partial charge < -0.3 is 16.0 Å². The Bertz CT molecular complexity index is 834. The zero-order valence-corrected chi connectivity index (χ0v) is 17.2. The first-order chi connectivity index (χ1) is 14.0. The van der Waals surface area contributed by atoms with E-state index in [9.17, 15) is 32.8 Å². The number of nitrogens with zero attached hydrogens (tertiary/aromatic N) is 2. The van der Waals surface area contributed by atoms with Crippen LogP contribution in [0.15, 0.2) is 6.20 Å². The molecule has 0 spiro atoms. The van der Waals surface area contributed by atoms with Crippen LogP contribution >= 0.6 is 11.3 Å². The number of amides is 3. The summed E-state index contributed by atoms with van der Waals surface area (Å²) < 4.78 is 38.1. The van der Waals surface area contributed by atoms with E-state index in [0.29, 0.717) is 13.0 Å². The van der Waals surface area contributed by atoms with Gasteiger partial charge in [-0.25, -0.2) is 4.98 Å². The minimum Gasteiger partial charge on any atom is -0.356 e. The van der Waals surface area contributed by atoms with Crippen molar-refractivity contribution in [1.29, 1.82) is 5.26 Å². The van der Waals surface area contributed by atoms with Crippen molar-refractivity contribution in [2.75, 3.05) is 6.54 Å². The number of thiazole rings is 1. The first kappa shape index (κ1) is 23.6. The number of hydrogen-bond acceptors (Lipinski definition) is 6. The van der Waals surface area contributed by atoms with Crippen LogP contribution in [0.25, 0.3) is 0 Å². The van der Waals surface area contributed by atoms with Gasteiger partial charge in [0.25, 0.3) is 5.91 Å². The summed E-state index contributed by atoms with van der Waals surface area (Å²) >= 11 is 0.184. The number of nitrogens with one attached hydrogen (secondary N) is 3. The molecule has 1 aliphatic heterocycles. The Hall–Kier alpha value is -2.68. The van der Waals surface area contributed by atoms with Gasteiger partial charge in [0.05, 0.1) is 12.3 Å². The molecule has 164 valence electrons. The molecule has 1 aromatic rings. The van der Waals surface area contributed by atoms with Gasteiger partial charge in [-0.2, -0.15) is 18.4 Å². The fraction of sp³-hybridized carbons (Fsp3) is 0.611. The van der Waals surface area contributed by atoms with E-state index >= 15 is 0 Å². The van der Waals surface area contributed by atoms with Gasteiger partial charge in [0.2, 0.25) is 11.8 Å². The first-order valence-electron chi connectivity index (χ1n) is 9.32. The van der Waals surface area contributed by atoms with E-state index in [0.717, 1.165) is 6.20 Å². The van der Waals surface area contributed by atoms with Gasteiger partial charge in [0, 0.05) is 12.5 Å². The van der Waals surface area contributed by atoms with Crippen LogP contribution in [0.1, 0.15) is 47.8 Å². The third-order valence-corrected chi connectivity index (χ3v) is 5.50. The molecule has 12 heteroatoms. The van der Waals surface area contributed by atoms with E-state index in [1.165, 1.54) is 0 Å². The maximum Gasteiger partial charge on any atom is 0.443 e. The molecule has 8 nitrogen and oxygen atoms in total. The fourth-order valence-electron chi connectivity index (χ4n) is 3.01. The molecule has 0 aromatic carbocycles. The molecule has 30 heavy (non-hydrogen) atoms. The molecule has 1 saturated heterocycles. The predicted octanol–water partition coefficient (Wildman–Crippen LogP) is 1.84. The summed E-state index contributed by atoms with van der Waals surface area (Å²) in [5.74, 6) is -2.07. The summed E-state index contributed by atoms with van der Waals surface area (Å²) in [6.45, 7) is 4.13. The van der Waals surface area contributed by atoms with Crippen molar-refractivity contribution in [3.05, 3.63) is 16.1 Å². The van der Waals surface area contributed by atoms with Crippen LogP contribution in [0.2, 0.25) is 0 Å². The smallest absolute Gasteiger partial charge is 0.356 e. The molecule has 1 fully saturated rings.